The van der Waals surface area contributed by atoms with E-state index in [-0.39, 0.29) is 5.82 Å². The number of hydrogen-bond acceptors (Lipinski definition) is 4. The molecule has 0 spiro atoms. The van der Waals surface area contributed by atoms with Crippen molar-refractivity contribution in [1.82, 2.24) is 4.90 Å². The van der Waals surface area contributed by atoms with E-state index in [1.165, 1.54) is 36.4 Å². The summed E-state index contributed by atoms with van der Waals surface area (Å²) in [5.74, 6) is -1.06. The Morgan fingerprint density at radius 2 is 1.58 bits per heavy atom. The first-order valence-corrected chi connectivity index (χ1v) is 12.0. The number of piperidine rings is 1. The van der Waals surface area contributed by atoms with Crippen molar-refractivity contribution >= 4 is 33.2 Å². The maximum atomic E-state index is 13.0. The van der Waals surface area contributed by atoms with E-state index in [4.69, 9.17) is 0 Å². The number of anilines is 2. The fourth-order valence-corrected chi connectivity index (χ4v) is 4.17. The summed E-state index contributed by atoms with van der Waals surface area (Å²) in [5.41, 5.74) is 1.87. The largest absolute Gasteiger partial charge is 0.334 e. The highest BCUT2D eigenvalue weighted by molar-refractivity contribution is 7.92. The molecule has 31 heavy (non-hydrogen) atoms. The molecule has 0 bridgehead atoms. The highest BCUT2D eigenvalue weighted by Crippen LogP contribution is 2.23. The van der Waals surface area contributed by atoms with Gasteiger partial charge in [0.05, 0.1) is 6.26 Å². The molecule has 7 nitrogen and oxygen atoms in total. The van der Waals surface area contributed by atoms with Crippen LogP contribution in [0.1, 0.15) is 24.8 Å². The van der Waals surface area contributed by atoms with Crippen molar-refractivity contribution in [2.75, 3.05) is 29.4 Å². The molecule has 1 saturated heterocycles. The molecule has 2 N–H and O–H groups in total. The van der Waals surface area contributed by atoms with Crippen molar-refractivity contribution in [2.24, 2.45) is 5.92 Å². The van der Waals surface area contributed by atoms with Gasteiger partial charge in [0.25, 0.3) is 0 Å². The van der Waals surface area contributed by atoms with Gasteiger partial charge in [-0.05, 0) is 73.6 Å². The molecule has 0 radical (unpaired) electrons. The van der Waals surface area contributed by atoms with Gasteiger partial charge in [0.2, 0.25) is 10.0 Å². The highest BCUT2D eigenvalue weighted by atomic mass is 32.2. The normalized spacial score (nSPS) is 14.8. The second-order valence-electron chi connectivity index (χ2n) is 7.81. The molecule has 1 fully saturated rings. The van der Waals surface area contributed by atoms with Gasteiger partial charge in [-0.25, -0.2) is 12.8 Å². The lowest BCUT2D eigenvalue weighted by Crippen LogP contribution is -2.44. The third kappa shape index (κ3) is 7.06. The molecule has 0 unspecified atom stereocenters. The molecule has 0 atom stereocenters. The first-order chi connectivity index (χ1) is 14.7. The Morgan fingerprint density at radius 3 is 2.16 bits per heavy atom. The van der Waals surface area contributed by atoms with Crippen LogP contribution in [0.15, 0.2) is 48.5 Å². The van der Waals surface area contributed by atoms with E-state index in [9.17, 15) is 22.4 Å². The van der Waals surface area contributed by atoms with Crippen LogP contribution < -0.4 is 10.0 Å². The SMILES string of the molecule is CS(=O)(=O)Nc1ccc(NC(=O)C(=O)N2CCC(CCc3ccc(F)cc3)CC2)cc1. The molecule has 0 aromatic heterocycles. The lowest BCUT2D eigenvalue weighted by atomic mass is 9.90. The van der Waals surface area contributed by atoms with Gasteiger partial charge in [0.15, 0.2) is 0 Å². The van der Waals surface area contributed by atoms with Crippen LogP contribution in [-0.2, 0) is 26.0 Å². The molecule has 2 aromatic carbocycles. The Balaban J connectivity index is 1.44. The molecule has 2 amide bonds. The predicted molar refractivity (Wildman–Crippen MR) is 118 cm³/mol. The second-order valence-corrected chi connectivity index (χ2v) is 9.55. The zero-order chi connectivity index (χ0) is 22.4. The van der Waals surface area contributed by atoms with E-state index in [2.05, 4.69) is 10.0 Å². The first kappa shape index (κ1) is 22.7. The second kappa shape index (κ2) is 9.91. The van der Waals surface area contributed by atoms with Crippen molar-refractivity contribution in [3.05, 3.63) is 59.9 Å². The molecule has 9 heteroatoms. The lowest BCUT2D eigenvalue weighted by molar-refractivity contribution is -0.144. The summed E-state index contributed by atoms with van der Waals surface area (Å²) in [5, 5.41) is 2.55. The molecule has 166 valence electrons. The maximum Gasteiger partial charge on any atom is 0.313 e. The van der Waals surface area contributed by atoms with Crippen LogP contribution in [0.4, 0.5) is 15.8 Å². The van der Waals surface area contributed by atoms with E-state index < -0.39 is 21.8 Å². The monoisotopic (exact) mass is 447 g/mol. The quantitative estimate of drug-likeness (QED) is 0.666. The van der Waals surface area contributed by atoms with Gasteiger partial charge in [-0.15, -0.1) is 0 Å². The molecule has 1 aliphatic rings. The Hall–Kier alpha value is -2.94. The van der Waals surface area contributed by atoms with Crippen LogP contribution in [0, 0.1) is 11.7 Å². The Kier molecular flexibility index (Phi) is 7.27. The summed E-state index contributed by atoms with van der Waals surface area (Å²) in [6.45, 7) is 1.05. The number of likely N-dealkylation sites (tertiary alicyclic amines) is 1. The van der Waals surface area contributed by atoms with Gasteiger partial charge in [0, 0.05) is 24.5 Å². The van der Waals surface area contributed by atoms with Gasteiger partial charge < -0.3 is 10.2 Å². The molecule has 1 heterocycles. The first-order valence-electron chi connectivity index (χ1n) is 10.1. The number of hydrogen-bond donors (Lipinski definition) is 2. The number of halogens is 1. The number of nitrogens with zero attached hydrogens (tertiary/aromatic N) is 1. The third-order valence-corrected chi connectivity index (χ3v) is 5.90. The molecule has 0 aliphatic carbocycles. The number of aryl methyl sites for hydroxylation is 1. The number of amides is 2. The van der Waals surface area contributed by atoms with Crippen LogP contribution in [0.3, 0.4) is 0 Å². The number of sulfonamides is 1. The summed E-state index contributed by atoms with van der Waals surface area (Å²) in [7, 11) is -3.38. The Morgan fingerprint density at radius 1 is 1.00 bits per heavy atom. The average Bonchev–Trinajstić information content (AvgIpc) is 2.73. The summed E-state index contributed by atoms with van der Waals surface area (Å²) >= 11 is 0. The van der Waals surface area contributed by atoms with Gasteiger partial charge in [-0.1, -0.05) is 12.1 Å². The van der Waals surface area contributed by atoms with Crippen molar-refractivity contribution in [1.29, 1.82) is 0 Å². The average molecular weight is 448 g/mol. The lowest BCUT2D eigenvalue weighted by Gasteiger charge is -2.31. The van der Waals surface area contributed by atoms with Gasteiger partial charge >= 0.3 is 11.8 Å². The minimum Gasteiger partial charge on any atom is -0.334 e. The van der Waals surface area contributed by atoms with E-state index >= 15 is 0 Å². The van der Waals surface area contributed by atoms with Crippen molar-refractivity contribution in [3.63, 3.8) is 0 Å². The number of benzene rings is 2. The van der Waals surface area contributed by atoms with Crippen LogP contribution in [0.2, 0.25) is 0 Å². The number of carbonyl (C=O) groups is 2. The summed E-state index contributed by atoms with van der Waals surface area (Å²) in [6.07, 6.45) is 4.53. The summed E-state index contributed by atoms with van der Waals surface area (Å²) in [4.78, 5) is 26.3. The smallest absolute Gasteiger partial charge is 0.313 e. The van der Waals surface area contributed by atoms with E-state index in [1.54, 1.807) is 17.0 Å². The Labute approximate surface area is 181 Å². The van der Waals surface area contributed by atoms with Crippen molar-refractivity contribution < 1.29 is 22.4 Å². The minimum atomic E-state index is -3.38. The zero-order valence-corrected chi connectivity index (χ0v) is 18.1. The molecule has 3 rings (SSSR count). The highest BCUT2D eigenvalue weighted by Gasteiger charge is 2.27. The fourth-order valence-electron chi connectivity index (χ4n) is 3.61. The Bertz CT molecular complexity index is 1020. The van der Waals surface area contributed by atoms with Gasteiger partial charge in [-0.2, -0.15) is 0 Å². The number of rotatable bonds is 6. The van der Waals surface area contributed by atoms with Gasteiger partial charge in [-0.3, -0.25) is 14.3 Å². The van der Waals surface area contributed by atoms with E-state index in [0.29, 0.717) is 30.4 Å². The maximum absolute atomic E-state index is 13.0. The van der Waals surface area contributed by atoms with Crippen LogP contribution in [-0.4, -0.2) is 44.5 Å². The molecule has 0 saturated carbocycles. The molecule has 2 aromatic rings. The predicted octanol–water partition coefficient (Wildman–Crippen LogP) is 3.01. The third-order valence-electron chi connectivity index (χ3n) is 5.30. The fraction of sp³-hybridized carbons (Fsp3) is 0.364. The summed E-state index contributed by atoms with van der Waals surface area (Å²) in [6, 6.07) is 12.6. The van der Waals surface area contributed by atoms with Gasteiger partial charge in [0.1, 0.15) is 5.82 Å². The number of carbonyl (C=O) groups excluding carboxylic acids is 2. The van der Waals surface area contributed by atoms with Crippen LogP contribution in [0.25, 0.3) is 0 Å². The number of nitrogens with one attached hydrogen (secondary N) is 2. The van der Waals surface area contributed by atoms with E-state index in [1.807, 2.05) is 0 Å². The standard InChI is InChI=1S/C22H26FN3O4S/c1-31(29,30)25-20-10-8-19(9-11-20)24-21(27)22(28)26-14-12-17(13-15-26)3-2-16-4-6-18(23)7-5-16/h4-11,17,25H,2-3,12-15H2,1H3,(H,24,27). The summed E-state index contributed by atoms with van der Waals surface area (Å²) < 4.78 is 37.8. The van der Waals surface area contributed by atoms with Crippen molar-refractivity contribution in [2.45, 2.75) is 25.7 Å². The van der Waals surface area contributed by atoms with Crippen molar-refractivity contribution in [3.8, 4) is 0 Å². The van der Waals surface area contributed by atoms with E-state index in [0.717, 1.165) is 37.5 Å². The molecular formula is C22H26FN3O4S. The van der Waals surface area contributed by atoms with Crippen LogP contribution in [0.5, 0.6) is 0 Å². The minimum absolute atomic E-state index is 0.240. The topological polar surface area (TPSA) is 95.6 Å². The zero-order valence-electron chi connectivity index (χ0n) is 17.3. The van der Waals surface area contributed by atoms with Crippen LogP contribution >= 0.6 is 0 Å². The molecule has 1 aliphatic heterocycles. The molecular weight excluding hydrogens is 421 g/mol.